The van der Waals surface area contributed by atoms with E-state index in [-0.39, 0.29) is 19.0 Å². The highest BCUT2D eigenvalue weighted by atomic mass is 32.2. The van der Waals surface area contributed by atoms with Gasteiger partial charge in [0, 0.05) is 31.7 Å². The quantitative estimate of drug-likeness (QED) is 0.711. The summed E-state index contributed by atoms with van der Waals surface area (Å²) in [5.41, 5.74) is 6.60. The van der Waals surface area contributed by atoms with Crippen LogP contribution in [0, 0.1) is 0 Å². The Kier molecular flexibility index (Phi) is 4.35. The van der Waals surface area contributed by atoms with Crippen LogP contribution >= 0.6 is 0 Å². The van der Waals surface area contributed by atoms with Crippen molar-refractivity contribution in [3.05, 3.63) is 23.8 Å². The number of nitrogens with two attached hydrogens (primary N) is 2. The average molecular weight is 314 g/mol. The zero-order valence-electron chi connectivity index (χ0n) is 11.7. The Balaban J connectivity index is 2.07. The molecule has 1 aliphatic heterocycles. The lowest BCUT2D eigenvalue weighted by molar-refractivity contribution is 0.0698. The van der Waals surface area contributed by atoms with Crippen molar-refractivity contribution in [2.45, 2.75) is 0 Å². The summed E-state index contributed by atoms with van der Waals surface area (Å²) in [6.45, 7) is 0.967. The van der Waals surface area contributed by atoms with E-state index in [2.05, 4.69) is 0 Å². The standard InChI is InChI=1S/C12H18N4O4S/c1-20-11-3-2-9(8-10(11)13)12(17)15-4-6-16(7-5-15)21(14,18)19/h2-3,8H,4-7,13H2,1H3,(H2,14,18,19). The summed E-state index contributed by atoms with van der Waals surface area (Å²) in [5.74, 6) is 0.309. The van der Waals surface area contributed by atoms with Gasteiger partial charge in [0.25, 0.3) is 16.1 Å². The summed E-state index contributed by atoms with van der Waals surface area (Å²) in [6.07, 6.45) is 0. The van der Waals surface area contributed by atoms with Crippen LogP contribution in [0.3, 0.4) is 0 Å². The Hall–Kier alpha value is -1.84. The molecule has 0 atom stereocenters. The number of piperazine rings is 1. The van der Waals surface area contributed by atoms with E-state index in [1.807, 2.05) is 0 Å². The molecule has 4 N–H and O–H groups in total. The maximum atomic E-state index is 12.3. The average Bonchev–Trinajstić information content (AvgIpc) is 2.45. The molecule has 0 unspecified atom stereocenters. The third kappa shape index (κ3) is 3.43. The molecule has 1 amide bonds. The Morgan fingerprint density at radius 2 is 1.86 bits per heavy atom. The molecule has 1 aromatic rings. The van der Waals surface area contributed by atoms with Gasteiger partial charge in [-0.25, -0.2) is 5.14 Å². The number of hydrogen-bond donors (Lipinski definition) is 2. The van der Waals surface area contributed by atoms with Gasteiger partial charge in [0.15, 0.2) is 0 Å². The van der Waals surface area contributed by atoms with E-state index in [4.69, 9.17) is 15.6 Å². The van der Waals surface area contributed by atoms with Crippen LogP contribution in [0.1, 0.15) is 10.4 Å². The number of carbonyl (C=O) groups is 1. The van der Waals surface area contributed by atoms with Crippen LogP contribution in [0.5, 0.6) is 5.75 Å². The number of amides is 1. The highest BCUT2D eigenvalue weighted by molar-refractivity contribution is 7.86. The fourth-order valence-electron chi connectivity index (χ4n) is 2.20. The van der Waals surface area contributed by atoms with Crippen LogP contribution in [-0.2, 0) is 10.2 Å². The van der Waals surface area contributed by atoms with Crippen molar-refractivity contribution in [1.82, 2.24) is 9.21 Å². The summed E-state index contributed by atoms with van der Waals surface area (Å²) in [7, 11) is -2.20. The van der Waals surface area contributed by atoms with Crippen molar-refractivity contribution >= 4 is 21.8 Å². The van der Waals surface area contributed by atoms with Crippen molar-refractivity contribution in [3.63, 3.8) is 0 Å². The molecule has 0 aromatic heterocycles. The summed E-state index contributed by atoms with van der Waals surface area (Å²) in [4.78, 5) is 13.9. The van der Waals surface area contributed by atoms with Gasteiger partial charge in [0.2, 0.25) is 0 Å². The van der Waals surface area contributed by atoms with Gasteiger partial charge in [-0.1, -0.05) is 0 Å². The zero-order chi connectivity index (χ0) is 15.6. The lowest BCUT2D eigenvalue weighted by Gasteiger charge is -2.33. The number of anilines is 1. The van der Waals surface area contributed by atoms with Crippen LogP contribution in [0.25, 0.3) is 0 Å². The van der Waals surface area contributed by atoms with Gasteiger partial charge >= 0.3 is 0 Å². The number of carbonyl (C=O) groups excluding carboxylic acids is 1. The molecule has 0 radical (unpaired) electrons. The van der Waals surface area contributed by atoms with E-state index in [9.17, 15) is 13.2 Å². The Morgan fingerprint density at radius 3 is 2.33 bits per heavy atom. The minimum absolute atomic E-state index is 0.191. The molecule has 0 aliphatic carbocycles. The molecular weight excluding hydrogens is 296 g/mol. The maximum Gasteiger partial charge on any atom is 0.277 e. The molecule has 116 valence electrons. The first kappa shape index (κ1) is 15.5. The minimum Gasteiger partial charge on any atom is -0.495 e. The molecule has 1 saturated heterocycles. The monoisotopic (exact) mass is 314 g/mol. The minimum atomic E-state index is -3.70. The molecule has 2 rings (SSSR count). The number of rotatable bonds is 3. The van der Waals surface area contributed by atoms with Crippen LogP contribution in [0.15, 0.2) is 18.2 Å². The predicted octanol–water partition coefficient (Wildman–Crippen LogP) is -0.761. The number of benzene rings is 1. The molecule has 21 heavy (non-hydrogen) atoms. The largest absolute Gasteiger partial charge is 0.495 e. The molecule has 0 bridgehead atoms. The molecular formula is C12H18N4O4S. The first-order valence-corrected chi connectivity index (χ1v) is 7.84. The van der Waals surface area contributed by atoms with Crippen molar-refractivity contribution in [1.29, 1.82) is 0 Å². The molecule has 1 aromatic carbocycles. The Labute approximate surface area is 123 Å². The van der Waals surface area contributed by atoms with E-state index in [0.717, 1.165) is 4.31 Å². The fraction of sp³-hybridized carbons (Fsp3) is 0.417. The number of ether oxygens (including phenoxy) is 1. The van der Waals surface area contributed by atoms with Crippen molar-refractivity contribution in [2.75, 3.05) is 39.0 Å². The summed E-state index contributed by atoms with van der Waals surface area (Å²) in [6, 6.07) is 4.81. The van der Waals surface area contributed by atoms with E-state index in [1.165, 1.54) is 7.11 Å². The second-order valence-corrected chi connectivity index (χ2v) is 6.24. The van der Waals surface area contributed by atoms with Crippen LogP contribution in [0.2, 0.25) is 0 Å². The molecule has 1 fully saturated rings. The molecule has 8 nitrogen and oxygen atoms in total. The summed E-state index contributed by atoms with van der Waals surface area (Å²) in [5, 5.41) is 5.06. The van der Waals surface area contributed by atoms with Gasteiger partial charge in [-0.2, -0.15) is 12.7 Å². The van der Waals surface area contributed by atoms with E-state index >= 15 is 0 Å². The first-order valence-electron chi connectivity index (χ1n) is 6.33. The number of methoxy groups -OCH3 is 1. The molecule has 1 aliphatic rings. The topological polar surface area (TPSA) is 119 Å². The smallest absolute Gasteiger partial charge is 0.277 e. The zero-order valence-corrected chi connectivity index (χ0v) is 12.5. The van der Waals surface area contributed by atoms with Crippen molar-refractivity contribution in [3.8, 4) is 5.75 Å². The lowest BCUT2D eigenvalue weighted by atomic mass is 10.1. The van der Waals surface area contributed by atoms with Crippen LogP contribution < -0.4 is 15.6 Å². The van der Waals surface area contributed by atoms with Gasteiger partial charge in [-0.15, -0.1) is 0 Å². The van der Waals surface area contributed by atoms with Gasteiger partial charge in [-0.05, 0) is 18.2 Å². The molecule has 0 saturated carbocycles. The van der Waals surface area contributed by atoms with E-state index < -0.39 is 10.2 Å². The number of hydrogen-bond acceptors (Lipinski definition) is 5. The highest BCUT2D eigenvalue weighted by Crippen LogP contribution is 2.23. The van der Waals surface area contributed by atoms with E-state index in [1.54, 1.807) is 23.1 Å². The third-order valence-electron chi connectivity index (χ3n) is 3.36. The van der Waals surface area contributed by atoms with E-state index in [0.29, 0.717) is 30.1 Å². The fourth-order valence-corrected chi connectivity index (χ4v) is 2.87. The summed E-state index contributed by atoms with van der Waals surface area (Å²) < 4.78 is 28.6. The van der Waals surface area contributed by atoms with Crippen molar-refractivity contribution < 1.29 is 17.9 Å². The number of nitrogen functional groups attached to an aromatic ring is 1. The Morgan fingerprint density at radius 1 is 1.24 bits per heavy atom. The first-order chi connectivity index (χ1) is 9.82. The normalized spacial score (nSPS) is 16.8. The molecule has 9 heteroatoms. The summed E-state index contributed by atoms with van der Waals surface area (Å²) >= 11 is 0. The third-order valence-corrected chi connectivity index (χ3v) is 4.45. The SMILES string of the molecule is COc1ccc(C(=O)N2CCN(S(N)(=O)=O)CC2)cc1N. The lowest BCUT2D eigenvalue weighted by Crippen LogP contribution is -2.52. The van der Waals surface area contributed by atoms with Gasteiger partial charge in [0.1, 0.15) is 5.75 Å². The predicted molar refractivity (Wildman–Crippen MR) is 78.0 cm³/mol. The second-order valence-electron chi connectivity index (χ2n) is 4.69. The van der Waals surface area contributed by atoms with Gasteiger partial charge in [0.05, 0.1) is 12.8 Å². The maximum absolute atomic E-state index is 12.3. The number of nitrogens with zero attached hydrogens (tertiary/aromatic N) is 2. The van der Waals surface area contributed by atoms with Crippen LogP contribution in [-0.4, -0.2) is 56.8 Å². The van der Waals surface area contributed by atoms with Crippen molar-refractivity contribution in [2.24, 2.45) is 5.14 Å². The second kappa shape index (κ2) is 5.88. The molecule has 0 spiro atoms. The van der Waals surface area contributed by atoms with Gasteiger partial charge < -0.3 is 15.4 Å². The van der Waals surface area contributed by atoms with Gasteiger partial charge in [-0.3, -0.25) is 4.79 Å². The highest BCUT2D eigenvalue weighted by Gasteiger charge is 2.27. The van der Waals surface area contributed by atoms with Crippen LogP contribution in [0.4, 0.5) is 5.69 Å². The molecule has 1 heterocycles. The Bertz CT molecular complexity index is 639.